The quantitative estimate of drug-likeness (QED) is 0.215. The Morgan fingerprint density at radius 2 is 2.50 bits per heavy atom. The molecule has 0 spiro atoms. The summed E-state index contributed by atoms with van der Waals surface area (Å²) >= 11 is 8.36. The third-order valence-electron chi connectivity index (χ3n) is 0.401. The molecular weight excluding hydrogens is 142 g/mol. The van der Waals surface area contributed by atoms with E-state index in [1.54, 1.807) is 0 Å². The van der Waals surface area contributed by atoms with Gasteiger partial charge in [-0.05, 0) is 12.2 Å². The second-order valence-electron chi connectivity index (χ2n) is 1.08. The fourth-order valence-corrected chi connectivity index (χ4v) is 0.348. The summed E-state index contributed by atoms with van der Waals surface area (Å²) < 4.78 is 0. The van der Waals surface area contributed by atoms with Crippen molar-refractivity contribution in [1.29, 1.82) is 0 Å². The Bertz CT molecular complexity index is 74.9. The zero-order valence-electron chi connectivity index (χ0n) is 4.29. The lowest BCUT2D eigenvalue weighted by Crippen LogP contribution is -2.36. The summed E-state index contributed by atoms with van der Waals surface area (Å²) in [5.74, 6) is 0.704. The minimum Gasteiger partial charge on any atom is -0.375 e. The lowest BCUT2D eigenvalue weighted by Gasteiger charge is -1.98. The van der Waals surface area contributed by atoms with Gasteiger partial charge in [0.25, 0.3) is 0 Å². The molecule has 0 atom stereocenters. The average Bonchev–Trinajstić information content (AvgIpc) is 1.66. The molecule has 0 rings (SSSR count). The summed E-state index contributed by atoms with van der Waals surface area (Å²) in [6.07, 6.45) is 0. The van der Waals surface area contributed by atoms with Gasteiger partial charge in [-0.2, -0.15) is 12.6 Å². The molecule has 1 radical (unpaired) electrons. The summed E-state index contributed by atoms with van der Waals surface area (Å²) in [6.45, 7) is 0.625. The molecule has 47 valence electrons. The highest BCUT2D eigenvalue weighted by atomic mass is 32.1. The Balaban J connectivity index is 2.82. The van der Waals surface area contributed by atoms with E-state index in [1.807, 2.05) is 0 Å². The lowest BCUT2D eigenvalue weighted by atomic mass is 10.8. The number of rotatable bonds is 3. The molecular formula is C3H8N3S2. The highest BCUT2D eigenvalue weighted by Gasteiger charge is 1.83. The zero-order valence-corrected chi connectivity index (χ0v) is 6.01. The minimum absolute atomic E-state index is 0.201. The summed E-state index contributed by atoms with van der Waals surface area (Å²) in [6, 6.07) is 0. The van der Waals surface area contributed by atoms with Crippen LogP contribution in [-0.4, -0.2) is 17.4 Å². The van der Waals surface area contributed by atoms with E-state index in [2.05, 4.69) is 35.7 Å². The van der Waals surface area contributed by atoms with E-state index in [0.29, 0.717) is 12.3 Å². The number of nitrogens with one attached hydrogen (secondary N) is 1. The van der Waals surface area contributed by atoms with Crippen LogP contribution in [0.15, 0.2) is 0 Å². The van der Waals surface area contributed by atoms with Gasteiger partial charge in [-0.1, -0.05) is 0 Å². The summed E-state index contributed by atoms with van der Waals surface area (Å²) in [5, 5.41) is 0.201. The van der Waals surface area contributed by atoms with Crippen LogP contribution in [0.5, 0.6) is 0 Å². The Morgan fingerprint density at radius 1 is 1.88 bits per heavy atom. The molecule has 0 aliphatic heterocycles. The third-order valence-corrected chi connectivity index (χ3v) is 0.692. The number of hydrogen-bond acceptors (Lipinski definition) is 2. The number of thiocarbonyl (C=S) groups is 1. The van der Waals surface area contributed by atoms with Crippen LogP contribution >= 0.6 is 24.8 Å². The fraction of sp³-hybridized carbons (Fsp3) is 0.667. The predicted octanol–water partition coefficient (Wildman–Crippen LogP) is -0.731. The molecule has 3 N–H and O–H groups in total. The predicted molar refractivity (Wildman–Crippen MR) is 40.8 cm³/mol. The first-order valence-corrected chi connectivity index (χ1v) is 3.14. The second-order valence-corrected chi connectivity index (χ2v) is 1.97. The maximum atomic E-state index is 5.03. The van der Waals surface area contributed by atoms with Crippen molar-refractivity contribution in [2.75, 3.05) is 12.3 Å². The van der Waals surface area contributed by atoms with Crippen LogP contribution in [0.1, 0.15) is 0 Å². The van der Waals surface area contributed by atoms with Crippen molar-refractivity contribution < 1.29 is 0 Å². The number of nitrogens with two attached hydrogens (primary N) is 1. The Morgan fingerprint density at radius 3 is 2.88 bits per heavy atom. The number of nitrogens with zero attached hydrogens (tertiary/aromatic N) is 1. The van der Waals surface area contributed by atoms with Gasteiger partial charge in [0.15, 0.2) is 5.11 Å². The molecule has 0 saturated carbocycles. The van der Waals surface area contributed by atoms with Gasteiger partial charge in [0, 0.05) is 12.3 Å². The molecule has 8 heavy (non-hydrogen) atoms. The standard InChI is InChI=1S/C3H8N3S2/c4-3(8)6-5-1-2-7/h7H,1-2H2,(H3,4,6,8). The van der Waals surface area contributed by atoms with Crippen molar-refractivity contribution >= 4 is 30.0 Å². The summed E-state index contributed by atoms with van der Waals surface area (Å²) in [5.41, 5.74) is 11.2. The highest BCUT2D eigenvalue weighted by molar-refractivity contribution is 7.80. The van der Waals surface area contributed by atoms with Gasteiger partial charge in [-0.25, -0.2) is 0 Å². The topological polar surface area (TPSA) is 52.1 Å². The smallest absolute Gasteiger partial charge is 0.179 e. The summed E-state index contributed by atoms with van der Waals surface area (Å²) in [4.78, 5) is 0. The minimum atomic E-state index is 0.201. The van der Waals surface area contributed by atoms with Crippen molar-refractivity contribution in [2.45, 2.75) is 0 Å². The molecule has 5 heteroatoms. The molecule has 0 saturated heterocycles. The molecule has 0 aromatic carbocycles. The lowest BCUT2D eigenvalue weighted by molar-refractivity contribution is 0.676. The molecule has 0 aliphatic rings. The van der Waals surface area contributed by atoms with Gasteiger partial charge >= 0.3 is 0 Å². The number of hydrogen-bond donors (Lipinski definition) is 3. The maximum Gasteiger partial charge on any atom is 0.179 e. The van der Waals surface area contributed by atoms with Crippen LogP contribution in [0.4, 0.5) is 0 Å². The normalized spacial score (nSPS) is 8.62. The van der Waals surface area contributed by atoms with Crippen LogP contribution in [-0.2, 0) is 0 Å². The van der Waals surface area contributed by atoms with E-state index < -0.39 is 0 Å². The van der Waals surface area contributed by atoms with E-state index in [1.165, 1.54) is 0 Å². The van der Waals surface area contributed by atoms with Crippen molar-refractivity contribution in [2.24, 2.45) is 5.73 Å². The van der Waals surface area contributed by atoms with Crippen molar-refractivity contribution in [1.82, 2.24) is 10.9 Å². The van der Waals surface area contributed by atoms with Crippen molar-refractivity contribution in [3.8, 4) is 0 Å². The van der Waals surface area contributed by atoms with E-state index in [0.717, 1.165) is 0 Å². The van der Waals surface area contributed by atoms with Crippen LogP contribution in [0, 0.1) is 0 Å². The highest BCUT2D eigenvalue weighted by Crippen LogP contribution is 1.66. The van der Waals surface area contributed by atoms with E-state index in [4.69, 9.17) is 5.73 Å². The van der Waals surface area contributed by atoms with Crippen LogP contribution in [0.25, 0.3) is 0 Å². The molecule has 0 unspecified atom stereocenters. The monoisotopic (exact) mass is 150 g/mol. The third kappa shape index (κ3) is 6.00. The first-order chi connectivity index (χ1) is 3.77. The molecule has 3 nitrogen and oxygen atoms in total. The van der Waals surface area contributed by atoms with E-state index in [-0.39, 0.29) is 5.11 Å². The van der Waals surface area contributed by atoms with E-state index in [9.17, 15) is 0 Å². The summed E-state index contributed by atoms with van der Waals surface area (Å²) in [7, 11) is 0. The molecule has 0 heterocycles. The van der Waals surface area contributed by atoms with Crippen LogP contribution < -0.4 is 16.6 Å². The molecule has 0 aromatic rings. The zero-order chi connectivity index (χ0) is 6.41. The number of thiol groups is 1. The largest absolute Gasteiger partial charge is 0.375 e. The van der Waals surface area contributed by atoms with Crippen molar-refractivity contribution in [3.05, 3.63) is 0 Å². The SMILES string of the molecule is NC(=S)N[N]CCS. The second kappa shape index (κ2) is 5.14. The first-order valence-electron chi connectivity index (χ1n) is 2.10. The molecule has 0 aliphatic carbocycles. The van der Waals surface area contributed by atoms with Gasteiger partial charge in [0.2, 0.25) is 0 Å². The Hall–Kier alpha value is -0.0000000000000000555. The molecule has 0 aromatic heterocycles. The molecule has 0 bridgehead atoms. The molecule has 0 fully saturated rings. The molecule has 0 amide bonds. The maximum absolute atomic E-state index is 5.03. The fourth-order valence-electron chi connectivity index (χ4n) is 0.184. The van der Waals surface area contributed by atoms with Gasteiger partial charge in [0.1, 0.15) is 0 Å². The van der Waals surface area contributed by atoms with E-state index >= 15 is 0 Å². The Kier molecular flexibility index (Phi) is 5.14. The van der Waals surface area contributed by atoms with Gasteiger partial charge in [0.05, 0.1) is 0 Å². The van der Waals surface area contributed by atoms with Gasteiger partial charge in [-0.3, -0.25) is 5.43 Å². The van der Waals surface area contributed by atoms with Crippen molar-refractivity contribution in [3.63, 3.8) is 0 Å². The average molecular weight is 150 g/mol. The van der Waals surface area contributed by atoms with Gasteiger partial charge < -0.3 is 5.73 Å². The van der Waals surface area contributed by atoms with Crippen LogP contribution in [0.2, 0.25) is 0 Å². The van der Waals surface area contributed by atoms with Crippen LogP contribution in [0.3, 0.4) is 0 Å². The first kappa shape index (κ1) is 8.00. The Labute approximate surface area is 59.4 Å². The van der Waals surface area contributed by atoms with Gasteiger partial charge in [-0.15, -0.1) is 5.43 Å².